The molecule has 0 radical (unpaired) electrons. The standard InChI is InChI=1S/C27H48O4SSi2/c1-21-19-27(24(28)30-21,32-23-15-13-12-14-16-23)18-17-22(31-34(10,11)26(5,6)7)20-29-33(8,9)25(2,3)4/h12-16,21-22H,17-20H2,1-11H3/t21-,22-,27?/m0/s1. The Balaban J connectivity index is 2.25. The molecule has 2 rings (SSSR count). The lowest BCUT2D eigenvalue weighted by atomic mass is 9.96. The van der Waals surface area contributed by atoms with E-state index in [1.54, 1.807) is 11.8 Å². The van der Waals surface area contributed by atoms with E-state index in [1.807, 2.05) is 25.1 Å². The van der Waals surface area contributed by atoms with Crippen LogP contribution in [0.1, 0.15) is 67.7 Å². The van der Waals surface area contributed by atoms with Crippen LogP contribution in [0.4, 0.5) is 0 Å². The summed E-state index contributed by atoms with van der Waals surface area (Å²) in [5.74, 6) is -0.0924. The number of benzene rings is 1. The van der Waals surface area contributed by atoms with Crippen molar-refractivity contribution in [1.29, 1.82) is 0 Å². The van der Waals surface area contributed by atoms with Crippen molar-refractivity contribution in [3.05, 3.63) is 30.3 Å². The average Bonchev–Trinajstić information content (AvgIpc) is 2.96. The first-order valence-corrected chi connectivity index (χ1v) is 19.3. The predicted molar refractivity (Wildman–Crippen MR) is 150 cm³/mol. The molecule has 0 aromatic heterocycles. The summed E-state index contributed by atoms with van der Waals surface area (Å²) in [6.07, 6.45) is 2.12. The van der Waals surface area contributed by atoms with E-state index in [4.69, 9.17) is 13.6 Å². The van der Waals surface area contributed by atoms with Crippen LogP contribution in [0.25, 0.3) is 0 Å². The fourth-order valence-corrected chi connectivity index (χ4v) is 7.44. The largest absolute Gasteiger partial charge is 0.462 e. The van der Waals surface area contributed by atoms with E-state index in [0.717, 1.165) is 24.2 Å². The number of cyclic esters (lactones) is 1. The molecule has 0 N–H and O–H groups in total. The summed E-state index contributed by atoms with van der Waals surface area (Å²) in [5.41, 5.74) is 0. The molecule has 1 aliphatic rings. The summed E-state index contributed by atoms with van der Waals surface area (Å²) < 4.78 is 18.6. The summed E-state index contributed by atoms with van der Waals surface area (Å²) in [6.45, 7) is 25.4. The smallest absolute Gasteiger partial charge is 0.322 e. The maximum absolute atomic E-state index is 13.1. The van der Waals surface area contributed by atoms with Gasteiger partial charge in [-0.25, -0.2) is 0 Å². The van der Waals surface area contributed by atoms with Gasteiger partial charge in [0.25, 0.3) is 0 Å². The Bertz CT molecular complexity index is 814. The number of carbonyl (C=O) groups is 1. The number of rotatable bonds is 10. The lowest BCUT2D eigenvalue weighted by molar-refractivity contribution is -0.142. The Morgan fingerprint density at radius 1 is 1.03 bits per heavy atom. The molecule has 1 unspecified atom stereocenters. The molecule has 0 amide bonds. The van der Waals surface area contributed by atoms with Crippen molar-refractivity contribution in [3.63, 3.8) is 0 Å². The molecule has 1 aromatic rings. The molecule has 4 nitrogen and oxygen atoms in total. The number of carbonyl (C=O) groups excluding carboxylic acids is 1. The lowest BCUT2D eigenvalue weighted by Crippen LogP contribution is -2.48. The molecule has 194 valence electrons. The molecular formula is C27H48O4SSi2. The fourth-order valence-electron chi connectivity index (χ4n) is 3.61. The van der Waals surface area contributed by atoms with Crippen LogP contribution in [-0.2, 0) is 18.4 Å². The van der Waals surface area contributed by atoms with Crippen LogP contribution in [0.3, 0.4) is 0 Å². The number of esters is 1. The summed E-state index contributed by atoms with van der Waals surface area (Å²) in [7, 11) is -3.92. The van der Waals surface area contributed by atoms with Gasteiger partial charge in [-0.2, -0.15) is 0 Å². The average molecular weight is 525 g/mol. The molecule has 0 spiro atoms. The first-order valence-electron chi connectivity index (χ1n) is 12.7. The number of ether oxygens (including phenoxy) is 1. The van der Waals surface area contributed by atoms with Crippen LogP contribution in [-0.4, -0.2) is 46.2 Å². The molecule has 0 aliphatic carbocycles. The third-order valence-corrected chi connectivity index (χ3v) is 18.4. The van der Waals surface area contributed by atoms with Gasteiger partial charge in [-0.15, -0.1) is 11.8 Å². The quantitative estimate of drug-likeness (QED) is 0.229. The van der Waals surface area contributed by atoms with Crippen molar-refractivity contribution in [2.24, 2.45) is 0 Å². The van der Waals surface area contributed by atoms with Crippen LogP contribution in [0.2, 0.25) is 36.3 Å². The second kappa shape index (κ2) is 10.8. The topological polar surface area (TPSA) is 44.8 Å². The second-order valence-electron chi connectivity index (χ2n) is 12.9. The number of hydrogen-bond acceptors (Lipinski definition) is 5. The summed E-state index contributed by atoms with van der Waals surface area (Å²) >= 11 is 1.65. The Morgan fingerprint density at radius 3 is 2.06 bits per heavy atom. The second-order valence-corrected chi connectivity index (χ2v) is 24.0. The van der Waals surface area contributed by atoms with Crippen molar-refractivity contribution in [2.75, 3.05) is 6.61 Å². The first-order chi connectivity index (χ1) is 15.4. The Morgan fingerprint density at radius 2 is 1.59 bits per heavy atom. The van der Waals surface area contributed by atoms with Crippen molar-refractivity contribution >= 4 is 34.4 Å². The minimum atomic E-state index is -2.00. The summed E-state index contributed by atoms with van der Waals surface area (Å²) in [5, 5.41) is 0.253. The van der Waals surface area contributed by atoms with Crippen LogP contribution in [0.5, 0.6) is 0 Å². The fraction of sp³-hybridized carbons (Fsp3) is 0.741. The van der Waals surface area contributed by atoms with E-state index >= 15 is 0 Å². The monoisotopic (exact) mass is 524 g/mol. The Hall–Kier alpha value is -0.606. The van der Waals surface area contributed by atoms with Gasteiger partial charge in [0.05, 0.1) is 12.7 Å². The van der Waals surface area contributed by atoms with Gasteiger partial charge >= 0.3 is 5.97 Å². The molecular weight excluding hydrogens is 477 g/mol. The van der Waals surface area contributed by atoms with E-state index in [0.29, 0.717) is 6.61 Å². The van der Waals surface area contributed by atoms with E-state index in [1.165, 1.54) is 0 Å². The van der Waals surface area contributed by atoms with E-state index in [2.05, 4.69) is 79.9 Å². The van der Waals surface area contributed by atoms with Gasteiger partial charge in [0, 0.05) is 11.3 Å². The van der Waals surface area contributed by atoms with Gasteiger partial charge < -0.3 is 13.6 Å². The van der Waals surface area contributed by atoms with E-state index in [-0.39, 0.29) is 28.3 Å². The molecule has 34 heavy (non-hydrogen) atoms. The summed E-state index contributed by atoms with van der Waals surface area (Å²) in [4.78, 5) is 14.2. The lowest BCUT2D eigenvalue weighted by Gasteiger charge is -2.42. The van der Waals surface area contributed by atoms with E-state index < -0.39 is 21.4 Å². The molecule has 0 bridgehead atoms. The first kappa shape index (κ1) is 29.6. The maximum atomic E-state index is 13.1. The van der Waals surface area contributed by atoms with Crippen LogP contribution in [0.15, 0.2) is 35.2 Å². The van der Waals surface area contributed by atoms with Gasteiger partial charge in [0.1, 0.15) is 10.9 Å². The van der Waals surface area contributed by atoms with Crippen molar-refractivity contribution in [2.45, 2.75) is 126 Å². The molecule has 0 saturated carbocycles. The minimum absolute atomic E-state index is 0.0352. The third kappa shape index (κ3) is 7.45. The molecule has 3 atom stereocenters. The van der Waals surface area contributed by atoms with Crippen LogP contribution in [0, 0.1) is 0 Å². The maximum Gasteiger partial charge on any atom is 0.322 e. The van der Waals surface area contributed by atoms with Crippen LogP contribution >= 0.6 is 11.8 Å². The van der Waals surface area contributed by atoms with Gasteiger partial charge in [0.15, 0.2) is 16.6 Å². The highest BCUT2D eigenvalue weighted by atomic mass is 32.2. The molecule has 1 heterocycles. The van der Waals surface area contributed by atoms with Crippen molar-refractivity contribution in [3.8, 4) is 0 Å². The van der Waals surface area contributed by atoms with Gasteiger partial charge in [-0.3, -0.25) is 4.79 Å². The van der Waals surface area contributed by atoms with Crippen molar-refractivity contribution in [1.82, 2.24) is 0 Å². The summed E-state index contributed by atoms with van der Waals surface area (Å²) in [6, 6.07) is 10.2. The number of hydrogen-bond donors (Lipinski definition) is 0. The van der Waals surface area contributed by atoms with Crippen LogP contribution < -0.4 is 0 Å². The highest BCUT2D eigenvalue weighted by molar-refractivity contribution is 8.01. The highest BCUT2D eigenvalue weighted by Crippen LogP contribution is 2.47. The molecule has 1 aliphatic heterocycles. The molecule has 1 aromatic carbocycles. The van der Waals surface area contributed by atoms with Crippen molar-refractivity contribution < 1.29 is 18.4 Å². The molecule has 1 fully saturated rings. The zero-order chi connectivity index (χ0) is 26.0. The Labute approximate surface area is 215 Å². The van der Waals surface area contributed by atoms with Gasteiger partial charge in [-0.1, -0.05) is 59.7 Å². The predicted octanol–water partition coefficient (Wildman–Crippen LogP) is 8.05. The molecule has 1 saturated heterocycles. The SMILES string of the molecule is C[C@H]1CC(CC[C@@H](CO[Si](C)(C)C(C)(C)C)O[Si](C)(C)C(C)(C)C)(Sc2ccccc2)C(=O)O1. The van der Waals surface area contributed by atoms with E-state index in [9.17, 15) is 4.79 Å². The molecule has 7 heteroatoms. The third-order valence-electron chi connectivity index (χ3n) is 7.93. The minimum Gasteiger partial charge on any atom is -0.462 e. The zero-order valence-electron chi connectivity index (χ0n) is 23.4. The highest BCUT2D eigenvalue weighted by Gasteiger charge is 2.49. The number of thioether (sulfide) groups is 1. The Kier molecular flexibility index (Phi) is 9.40. The van der Waals surface area contributed by atoms with Gasteiger partial charge in [0.2, 0.25) is 0 Å². The van der Waals surface area contributed by atoms with Gasteiger partial charge in [-0.05, 0) is 68.2 Å². The normalized spacial score (nSPS) is 23.1. The zero-order valence-corrected chi connectivity index (χ0v) is 26.2.